The standard InChI is InChI=1S/C17H13BrN4O3S/c1-17(10-5-2-3-6-11(10)18)15(23)22(16(24)19-17)9-13-20-21-14(25-13)12-7-4-8-26-12/h2-8H,9H2,1H3,(H,19,24)/t17-/m0/s1. The van der Waals surface area contributed by atoms with E-state index in [9.17, 15) is 9.59 Å². The highest BCUT2D eigenvalue weighted by Gasteiger charge is 2.50. The third-order valence-electron chi connectivity index (χ3n) is 4.18. The summed E-state index contributed by atoms with van der Waals surface area (Å²) in [5, 5.41) is 12.6. The predicted octanol–water partition coefficient (Wildman–Crippen LogP) is 3.53. The van der Waals surface area contributed by atoms with Crippen LogP contribution in [0.2, 0.25) is 0 Å². The highest BCUT2D eigenvalue weighted by Crippen LogP contribution is 2.34. The number of hydrogen-bond acceptors (Lipinski definition) is 6. The van der Waals surface area contributed by atoms with E-state index >= 15 is 0 Å². The SMILES string of the molecule is C[C@@]1(c2ccccc2Br)NC(=O)N(Cc2nnc(-c3cccs3)o2)C1=O. The molecule has 132 valence electrons. The van der Waals surface area contributed by atoms with Crippen molar-refractivity contribution in [2.24, 2.45) is 0 Å². The summed E-state index contributed by atoms with van der Waals surface area (Å²) in [6.45, 7) is 1.60. The Kier molecular flexibility index (Phi) is 4.12. The van der Waals surface area contributed by atoms with Gasteiger partial charge in [-0.05, 0) is 24.4 Å². The fourth-order valence-electron chi connectivity index (χ4n) is 2.84. The molecule has 0 unspecified atom stereocenters. The monoisotopic (exact) mass is 432 g/mol. The van der Waals surface area contributed by atoms with Crippen molar-refractivity contribution in [2.75, 3.05) is 0 Å². The van der Waals surface area contributed by atoms with Crippen molar-refractivity contribution in [3.63, 3.8) is 0 Å². The molecule has 0 spiro atoms. The molecule has 7 nitrogen and oxygen atoms in total. The first kappa shape index (κ1) is 16.9. The van der Waals surface area contributed by atoms with Crippen molar-refractivity contribution in [1.29, 1.82) is 0 Å². The molecule has 0 bridgehead atoms. The van der Waals surface area contributed by atoms with Gasteiger partial charge >= 0.3 is 6.03 Å². The van der Waals surface area contributed by atoms with Gasteiger partial charge in [-0.2, -0.15) is 0 Å². The number of nitrogens with one attached hydrogen (secondary N) is 1. The number of carbonyl (C=O) groups is 2. The Morgan fingerprint density at radius 1 is 1.23 bits per heavy atom. The molecule has 1 aromatic carbocycles. The van der Waals surface area contributed by atoms with Crippen LogP contribution in [0, 0.1) is 0 Å². The number of amides is 3. The summed E-state index contributed by atoms with van der Waals surface area (Å²) in [6, 6.07) is 10.5. The predicted molar refractivity (Wildman–Crippen MR) is 98.2 cm³/mol. The van der Waals surface area contributed by atoms with Gasteiger partial charge < -0.3 is 9.73 Å². The van der Waals surface area contributed by atoms with Gasteiger partial charge in [0.05, 0.1) is 4.88 Å². The molecular formula is C17H13BrN4O3S. The molecule has 0 saturated carbocycles. The Balaban J connectivity index is 1.60. The van der Waals surface area contributed by atoms with Crippen molar-refractivity contribution in [3.8, 4) is 10.8 Å². The van der Waals surface area contributed by atoms with Crippen LogP contribution in [0.1, 0.15) is 18.4 Å². The summed E-state index contributed by atoms with van der Waals surface area (Å²) in [7, 11) is 0. The molecule has 3 aromatic rings. The maximum atomic E-state index is 13.0. The maximum Gasteiger partial charge on any atom is 0.325 e. The first-order valence-corrected chi connectivity index (χ1v) is 9.41. The Morgan fingerprint density at radius 3 is 2.77 bits per heavy atom. The van der Waals surface area contributed by atoms with E-state index in [1.165, 1.54) is 11.3 Å². The van der Waals surface area contributed by atoms with E-state index in [-0.39, 0.29) is 18.3 Å². The Morgan fingerprint density at radius 2 is 2.04 bits per heavy atom. The molecular weight excluding hydrogens is 420 g/mol. The number of nitrogens with zero attached hydrogens (tertiary/aromatic N) is 3. The van der Waals surface area contributed by atoms with Crippen molar-refractivity contribution in [2.45, 2.75) is 19.0 Å². The summed E-state index contributed by atoms with van der Waals surface area (Å²) in [6.07, 6.45) is 0. The number of rotatable bonds is 4. The van der Waals surface area contributed by atoms with Crippen LogP contribution in [0.5, 0.6) is 0 Å². The Bertz CT molecular complexity index is 988. The van der Waals surface area contributed by atoms with E-state index < -0.39 is 11.6 Å². The number of halogens is 1. The number of hydrogen-bond donors (Lipinski definition) is 1. The van der Waals surface area contributed by atoms with Gasteiger partial charge in [-0.25, -0.2) is 4.79 Å². The molecule has 4 rings (SSSR count). The van der Waals surface area contributed by atoms with Gasteiger partial charge in [0.1, 0.15) is 12.1 Å². The van der Waals surface area contributed by atoms with Gasteiger partial charge in [0.2, 0.25) is 5.89 Å². The lowest BCUT2D eigenvalue weighted by molar-refractivity contribution is -0.131. The average Bonchev–Trinajstić information content (AvgIpc) is 3.33. The first-order valence-electron chi connectivity index (χ1n) is 7.74. The lowest BCUT2D eigenvalue weighted by Crippen LogP contribution is -2.41. The van der Waals surface area contributed by atoms with E-state index in [0.29, 0.717) is 11.5 Å². The zero-order valence-electron chi connectivity index (χ0n) is 13.6. The molecule has 9 heteroatoms. The van der Waals surface area contributed by atoms with Gasteiger partial charge in [-0.1, -0.05) is 40.2 Å². The topological polar surface area (TPSA) is 88.3 Å². The second-order valence-electron chi connectivity index (χ2n) is 5.90. The summed E-state index contributed by atoms with van der Waals surface area (Å²) in [5.41, 5.74) is -0.473. The van der Waals surface area contributed by atoms with Crippen LogP contribution in [0.15, 0.2) is 50.7 Å². The quantitative estimate of drug-likeness (QED) is 0.636. The molecule has 3 amide bonds. The molecule has 1 fully saturated rings. The molecule has 26 heavy (non-hydrogen) atoms. The van der Waals surface area contributed by atoms with Crippen LogP contribution in [0.3, 0.4) is 0 Å². The smallest absolute Gasteiger partial charge is 0.325 e. The zero-order valence-corrected chi connectivity index (χ0v) is 16.0. The molecule has 1 aliphatic rings. The number of urea groups is 1. The van der Waals surface area contributed by atoms with Gasteiger partial charge in [0, 0.05) is 10.0 Å². The minimum Gasteiger partial charge on any atom is -0.418 e. The van der Waals surface area contributed by atoms with Gasteiger partial charge in [0.25, 0.3) is 11.8 Å². The minimum absolute atomic E-state index is 0.0803. The molecule has 1 atom stereocenters. The molecule has 1 N–H and O–H groups in total. The number of aromatic nitrogens is 2. The van der Waals surface area contributed by atoms with Crippen molar-refractivity contribution in [1.82, 2.24) is 20.4 Å². The zero-order chi connectivity index (χ0) is 18.3. The Labute approximate surface area is 161 Å². The molecule has 3 heterocycles. The largest absolute Gasteiger partial charge is 0.418 e. The Hall–Kier alpha value is -2.52. The minimum atomic E-state index is -1.16. The van der Waals surface area contributed by atoms with Gasteiger partial charge in [-0.15, -0.1) is 21.5 Å². The van der Waals surface area contributed by atoms with Crippen molar-refractivity contribution in [3.05, 3.63) is 57.7 Å². The lowest BCUT2D eigenvalue weighted by Gasteiger charge is -2.23. The summed E-state index contributed by atoms with van der Waals surface area (Å²) < 4.78 is 6.34. The highest BCUT2D eigenvalue weighted by atomic mass is 79.9. The second-order valence-corrected chi connectivity index (χ2v) is 7.71. The second kappa shape index (κ2) is 6.33. The van der Waals surface area contributed by atoms with Crippen LogP contribution >= 0.6 is 27.3 Å². The molecule has 0 aliphatic carbocycles. The molecule has 0 radical (unpaired) electrons. The van der Waals surface area contributed by atoms with Crippen LogP contribution in [-0.2, 0) is 16.9 Å². The fraction of sp³-hybridized carbons (Fsp3) is 0.176. The van der Waals surface area contributed by atoms with Crippen molar-refractivity contribution >= 4 is 39.2 Å². The van der Waals surface area contributed by atoms with Crippen LogP contribution in [0.4, 0.5) is 4.79 Å². The van der Waals surface area contributed by atoms with E-state index in [0.717, 1.165) is 14.2 Å². The number of carbonyl (C=O) groups excluding carboxylic acids is 2. The summed E-state index contributed by atoms with van der Waals surface area (Å²) in [5.74, 6) is 0.203. The molecule has 1 aliphatic heterocycles. The molecule has 2 aromatic heterocycles. The van der Waals surface area contributed by atoms with E-state index in [1.54, 1.807) is 13.0 Å². The lowest BCUT2D eigenvalue weighted by atomic mass is 9.92. The van der Waals surface area contributed by atoms with Crippen LogP contribution in [0.25, 0.3) is 10.8 Å². The normalized spacial score (nSPS) is 19.8. The van der Waals surface area contributed by atoms with Gasteiger partial charge in [0.15, 0.2) is 0 Å². The van der Waals surface area contributed by atoms with E-state index in [1.807, 2.05) is 35.7 Å². The third kappa shape index (κ3) is 2.73. The third-order valence-corrected chi connectivity index (χ3v) is 5.73. The van der Waals surface area contributed by atoms with E-state index in [4.69, 9.17) is 4.42 Å². The molecule has 1 saturated heterocycles. The maximum absolute atomic E-state index is 13.0. The number of thiophene rings is 1. The summed E-state index contributed by atoms with van der Waals surface area (Å²) in [4.78, 5) is 27.3. The number of benzene rings is 1. The van der Waals surface area contributed by atoms with Gasteiger partial charge in [-0.3, -0.25) is 9.69 Å². The summed E-state index contributed by atoms with van der Waals surface area (Å²) >= 11 is 4.91. The highest BCUT2D eigenvalue weighted by molar-refractivity contribution is 9.10. The van der Waals surface area contributed by atoms with Crippen LogP contribution in [-0.4, -0.2) is 27.0 Å². The average molecular weight is 433 g/mol. The first-order chi connectivity index (χ1) is 12.5. The number of imide groups is 1. The fourth-order valence-corrected chi connectivity index (χ4v) is 4.17. The van der Waals surface area contributed by atoms with Crippen LogP contribution < -0.4 is 5.32 Å². The van der Waals surface area contributed by atoms with Crippen molar-refractivity contribution < 1.29 is 14.0 Å². The van der Waals surface area contributed by atoms with E-state index in [2.05, 4.69) is 31.4 Å².